The molecule has 0 radical (unpaired) electrons. The summed E-state index contributed by atoms with van der Waals surface area (Å²) in [5, 5.41) is 9.88. The summed E-state index contributed by atoms with van der Waals surface area (Å²) in [5.74, 6) is -0.0803. The van der Waals surface area contributed by atoms with Gasteiger partial charge in [-0.3, -0.25) is 4.79 Å². The Kier molecular flexibility index (Phi) is 4.11. The monoisotopic (exact) mass is 318 g/mol. The van der Waals surface area contributed by atoms with Crippen LogP contribution in [0.4, 0.5) is 4.79 Å². The molecular formula is C16H22N4O3. The van der Waals surface area contributed by atoms with E-state index in [9.17, 15) is 14.7 Å². The number of carbonyl (C=O) groups excluding carboxylic acids is 2. The van der Waals surface area contributed by atoms with Crippen LogP contribution in [0.3, 0.4) is 0 Å². The number of aromatic nitrogens is 1. The molecule has 4 heterocycles. The van der Waals surface area contributed by atoms with Gasteiger partial charge >= 0.3 is 6.03 Å². The van der Waals surface area contributed by atoms with Crippen LogP contribution in [0.1, 0.15) is 23.3 Å². The molecule has 3 aliphatic rings. The maximum Gasteiger partial charge on any atom is 0.319 e. The first-order valence-electron chi connectivity index (χ1n) is 7.88. The summed E-state index contributed by atoms with van der Waals surface area (Å²) in [5.41, 5.74) is 0.0885. The summed E-state index contributed by atoms with van der Waals surface area (Å²) in [4.78, 5) is 34.2. The Morgan fingerprint density at radius 2 is 2.04 bits per heavy atom. The first-order chi connectivity index (χ1) is 11.0. The number of rotatable bonds is 1. The van der Waals surface area contributed by atoms with Gasteiger partial charge in [-0.25, -0.2) is 9.78 Å². The van der Waals surface area contributed by atoms with Gasteiger partial charge in [-0.15, -0.1) is 0 Å². The Bertz CT molecular complexity index is 619. The van der Waals surface area contributed by atoms with Crippen molar-refractivity contribution in [3.05, 3.63) is 24.0 Å². The summed E-state index contributed by atoms with van der Waals surface area (Å²) in [6, 6.07) is 3.03. The Hall–Kier alpha value is -2.31. The molecule has 0 saturated carbocycles. The molecule has 23 heavy (non-hydrogen) atoms. The van der Waals surface area contributed by atoms with Crippen LogP contribution in [0.15, 0.2) is 18.3 Å². The minimum atomic E-state index is -0.253. The molecule has 7 heteroatoms. The van der Waals surface area contributed by atoms with Gasteiger partial charge in [0.15, 0.2) is 5.69 Å². The van der Waals surface area contributed by atoms with E-state index in [4.69, 9.17) is 0 Å². The second-order valence-corrected chi connectivity index (χ2v) is 6.51. The standard InChI is InChI=1S/C16H22N4O3/c1-18(2)16(23)19-8-11-5-6-12(10-19)20(9-11)15(22)14-13(21)4-3-7-17-14/h3-4,7,11-12,21H,5-6,8-10H2,1-2H3. The Balaban J connectivity index is 1.82. The van der Waals surface area contributed by atoms with E-state index in [2.05, 4.69) is 4.98 Å². The van der Waals surface area contributed by atoms with Gasteiger partial charge in [0, 0.05) is 46.0 Å². The Labute approximate surface area is 135 Å². The maximum atomic E-state index is 12.8. The van der Waals surface area contributed by atoms with E-state index in [1.807, 2.05) is 4.90 Å². The van der Waals surface area contributed by atoms with Gasteiger partial charge in [0.05, 0.1) is 0 Å². The van der Waals surface area contributed by atoms with Gasteiger partial charge in [-0.1, -0.05) is 0 Å². The number of hydrogen-bond donors (Lipinski definition) is 1. The molecule has 7 nitrogen and oxygen atoms in total. The molecule has 0 spiro atoms. The number of nitrogens with zero attached hydrogens (tertiary/aromatic N) is 4. The van der Waals surface area contributed by atoms with E-state index < -0.39 is 0 Å². The molecule has 124 valence electrons. The third-order valence-electron chi connectivity index (χ3n) is 4.62. The second-order valence-electron chi connectivity index (χ2n) is 6.51. The van der Waals surface area contributed by atoms with Crippen LogP contribution in [-0.4, -0.2) is 76.5 Å². The average molecular weight is 318 g/mol. The van der Waals surface area contributed by atoms with Crippen LogP contribution in [-0.2, 0) is 0 Å². The predicted molar refractivity (Wildman–Crippen MR) is 84.1 cm³/mol. The van der Waals surface area contributed by atoms with E-state index in [1.54, 1.807) is 30.0 Å². The normalized spacial score (nSPS) is 23.6. The molecule has 2 unspecified atom stereocenters. The van der Waals surface area contributed by atoms with Crippen LogP contribution < -0.4 is 0 Å². The molecule has 4 rings (SSSR count). The topological polar surface area (TPSA) is 77.0 Å². The van der Waals surface area contributed by atoms with Crippen molar-refractivity contribution in [3.8, 4) is 5.75 Å². The highest BCUT2D eigenvalue weighted by Crippen LogP contribution is 2.30. The SMILES string of the molecule is CN(C)C(=O)N1CC2CCC(C1)N(C(=O)c1ncccc1O)C2. The van der Waals surface area contributed by atoms with E-state index in [-0.39, 0.29) is 35.3 Å². The lowest BCUT2D eigenvalue weighted by Crippen LogP contribution is -2.48. The molecule has 2 bridgehead atoms. The van der Waals surface area contributed by atoms with Crippen molar-refractivity contribution in [3.63, 3.8) is 0 Å². The zero-order valence-corrected chi connectivity index (χ0v) is 13.5. The number of amides is 3. The largest absolute Gasteiger partial charge is 0.505 e. The van der Waals surface area contributed by atoms with Crippen LogP contribution in [0.2, 0.25) is 0 Å². The van der Waals surface area contributed by atoms with Crippen LogP contribution in [0.25, 0.3) is 0 Å². The molecule has 3 fully saturated rings. The summed E-state index contributed by atoms with van der Waals surface area (Å²) in [6.45, 7) is 1.81. The molecule has 0 aromatic carbocycles. The van der Waals surface area contributed by atoms with Gasteiger partial charge in [0.2, 0.25) is 0 Å². The third-order valence-corrected chi connectivity index (χ3v) is 4.62. The molecule has 3 amide bonds. The first kappa shape index (κ1) is 15.6. The summed E-state index contributed by atoms with van der Waals surface area (Å²) < 4.78 is 0. The average Bonchev–Trinajstić information content (AvgIpc) is 2.85. The van der Waals surface area contributed by atoms with E-state index in [1.165, 1.54) is 12.3 Å². The van der Waals surface area contributed by atoms with Crippen molar-refractivity contribution in [1.82, 2.24) is 19.7 Å². The molecule has 0 aliphatic carbocycles. The number of fused-ring (bicyclic) bond motifs is 4. The molecule has 1 aromatic rings. The molecule has 1 N–H and O–H groups in total. The molecule has 2 atom stereocenters. The smallest absolute Gasteiger partial charge is 0.319 e. The lowest BCUT2D eigenvalue weighted by Gasteiger charge is -2.35. The van der Waals surface area contributed by atoms with Crippen LogP contribution in [0.5, 0.6) is 5.75 Å². The van der Waals surface area contributed by atoms with E-state index in [0.29, 0.717) is 19.6 Å². The highest BCUT2D eigenvalue weighted by Gasteiger charge is 2.39. The zero-order chi connectivity index (χ0) is 16.6. The zero-order valence-electron chi connectivity index (χ0n) is 13.5. The highest BCUT2D eigenvalue weighted by molar-refractivity contribution is 5.95. The van der Waals surface area contributed by atoms with E-state index in [0.717, 1.165) is 12.8 Å². The fourth-order valence-corrected chi connectivity index (χ4v) is 3.47. The summed E-state index contributed by atoms with van der Waals surface area (Å²) in [6.07, 6.45) is 3.39. The van der Waals surface area contributed by atoms with Gasteiger partial charge in [-0.05, 0) is 30.9 Å². The fourth-order valence-electron chi connectivity index (χ4n) is 3.47. The minimum Gasteiger partial charge on any atom is -0.505 e. The van der Waals surface area contributed by atoms with Gasteiger partial charge in [0.25, 0.3) is 5.91 Å². The van der Waals surface area contributed by atoms with Crippen molar-refractivity contribution >= 4 is 11.9 Å². The van der Waals surface area contributed by atoms with Crippen molar-refractivity contribution in [2.75, 3.05) is 33.7 Å². The van der Waals surface area contributed by atoms with Crippen molar-refractivity contribution in [2.24, 2.45) is 5.92 Å². The van der Waals surface area contributed by atoms with E-state index >= 15 is 0 Å². The first-order valence-corrected chi connectivity index (χ1v) is 7.88. The van der Waals surface area contributed by atoms with Crippen molar-refractivity contribution in [1.29, 1.82) is 0 Å². The lowest BCUT2D eigenvalue weighted by atomic mass is 9.94. The number of carbonyl (C=O) groups is 2. The number of aromatic hydroxyl groups is 1. The Morgan fingerprint density at radius 3 is 2.74 bits per heavy atom. The number of urea groups is 1. The molecule has 1 aromatic heterocycles. The molecular weight excluding hydrogens is 296 g/mol. The minimum absolute atomic E-state index is 0.0168. The highest BCUT2D eigenvalue weighted by atomic mass is 16.3. The fraction of sp³-hybridized carbons (Fsp3) is 0.562. The molecule has 3 aliphatic heterocycles. The van der Waals surface area contributed by atoms with Crippen molar-refractivity contribution in [2.45, 2.75) is 18.9 Å². The third kappa shape index (κ3) is 2.95. The van der Waals surface area contributed by atoms with Gasteiger partial charge < -0.3 is 19.8 Å². The number of hydrogen-bond acceptors (Lipinski definition) is 4. The van der Waals surface area contributed by atoms with Crippen LogP contribution >= 0.6 is 0 Å². The Morgan fingerprint density at radius 1 is 1.26 bits per heavy atom. The maximum absolute atomic E-state index is 12.8. The van der Waals surface area contributed by atoms with Crippen LogP contribution in [0, 0.1) is 5.92 Å². The number of pyridine rings is 1. The predicted octanol–water partition coefficient (Wildman–Crippen LogP) is 1.01. The number of piperidine rings is 1. The molecule has 3 saturated heterocycles. The quantitative estimate of drug-likeness (QED) is 0.838. The summed E-state index contributed by atoms with van der Waals surface area (Å²) >= 11 is 0. The van der Waals surface area contributed by atoms with Gasteiger partial charge in [0.1, 0.15) is 5.75 Å². The summed E-state index contributed by atoms with van der Waals surface area (Å²) in [7, 11) is 3.48. The second kappa shape index (κ2) is 6.06. The van der Waals surface area contributed by atoms with Gasteiger partial charge in [-0.2, -0.15) is 0 Å². The van der Waals surface area contributed by atoms with Crippen molar-refractivity contribution < 1.29 is 14.7 Å². The lowest BCUT2D eigenvalue weighted by molar-refractivity contribution is 0.0576.